The van der Waals surface area contributed by atoms with Crippen LogP contribution in [0, 0.1) is 5.92 Å². The third-order valence-electron chi connectivity index (χ3n) is 7.20. The Labute approximate surface area is 213 Å². The van der Waals surface area contributed by atoms with E-state index in [9.17, 15) is 4.79 Å². The summed E-state index contributed by atoms with van der Waals surface area (Å²) in [6.45, 7) is 5.39. The molecule has 1 atom stereocenters. The molecule has 5 heteroatoms. The maximum Gasteiger partial charge on any atom is 0.227 e. The predicted molar refractivity (Wildman–Crippen MR) is 146 cm³/mol. The number of imidazole rings is 1. The number of halogens is 1. The molecule has 0 amide bonds. The van der Waals surface area contributed by atoms with Crippen molar-refractivity contribution in [3.05, 3.63) is 87.0 Å². The summed E-state index contributed by atoms with van der Waals surface area (Å²) in [7, 11) is 0. The van der Waals surface area contributed by atoms with E-state index in [0.29, 0.717) is 11.7 Å². The van der Waals surface area contributed by atoms with Gasteiger partial charge < -0.3 is 10.3 Å². The van der Waals surface area contributed by atoms with Crippen molar-refractivity contribution in [2.45, 2.75) is 38.6 Å². The van der Waals surface area contributed by atoms with Crippen LogP contribution in [0.1, 0.15) is 42.9 Å². The topological polar surface area (TPSA) is 57.8 Å². The van der Waals surface area contributed by atoms with Crippen LogP contribution in [0.25, 0.3) is 33.8 Å². The van der Waals surface area contributed by atoms with Crippen molar-refractivity contribution >= 4 is 44.4 Å². The molecule has 0 radical (unpaired) electrons. The van der Waals surface area contributed by atoms with E-state index < -0.39 is 5.54 Å². The van der Waals surface area contributed by atoms with Crippen LogP contribution in [0.5, 0.6) is 0 Å². The van der Waals surface area contributed by atoms with Crippen LogP contribution in [0.4, 0.5) is 0 Å². The van der Waals surface area contributed by atoms with Gasteiger partial charge in [-0.2, -0.15) is 0 Å². The minimum atomic E-state index is -0.459. The zero-order chi connectivity index (χ0) is 24.2. The molecular formula is C30H28BrN3O. The minimum absolute atomic E-state index is 0.0225. The molecule has 1 unspecified atom stereocenters. The summed E-state index contributed by atoms with van der Waals surface area (Å²) in [5, 5.41) is 5.89. The molecule has 2 N–H and O–H groups in total. The number of carbonyl (C=O) groups is 1. The molecule has 6 rings (SSSR count). The van der Waals surface area contributed by atoms with Gasteiger partial charge in [-0.1, -0.05) is 72.3 Å². The normalized spacial score (nSPS) is 19.0. The zero-order valence-corrected chi connectivity index (χ0v) is 21.6. The maximum absolute atomic E-state index is 14.3. The molecule has 4 aromatic rings. The summed E-state index contributed by atoms with van der Waals surface area (Å²) in [4.78, 5) is 22.3. The fraction of sp³-hybridized carbons (Fsp3) is 0.267. The number of hydrogen-bond donors (Lipinski definition) is 2. The van der Waals surface area contributed by atoms with Crippen molar-refractivity contribution < 1.29 is 4.79 Å². The summed E-state index contributed by atoms with van der Waals surface area (Å²) in [6, 6.07) is 20.8. The molecular weight excluding hydrogens is 498 g/mol. The second-order valence-electron chi connectivity index (χ2n) is 10.1. The van der Waals surface area contributed by atoms with E-state index in [1.807, 2.05) is 24.3 Å². The lowest BCUT2D eigenvalue weighted by Gasteiger charge is -2.25. The summed E-state index contributed by atoms with van der Waals surface area (Å²) < 4.78 is 1.04. The van der Waals surface area contributed by atoms with Crippen LogP contribution in [0.2, 0.25) is 0 Å². The Kier molecular flexibility index (Phi) is 5.50. The number of H-pyrrole nitrogens is 1. The molecule has 1 saturated heterocycles. The molecule has 0 saturated carbocycles. The van der Waals surface area contributed by atoms with Crippen molar-refractivity contribution in [3.63, 3.8) is 0 Å². The van der Waals surface area contributed by atoms with Crippen LogP contribution < -0.4 is 15.8 Å². The van der Waals surface area contributed by atoms with E-state index >= 15 is 0 Å². The minimum Gasteiger partial charge on any atom is -0.335 e. The lowest BCUT2D eigenvalue weighted by atomic mass is 9.85. The number of nitrogens with zero attached hydrogens (tertiary/aromatic N) is 1. The van der Waals surface area contributed by atoms with Gasteiger partial charge in [-0.25, -0.2) is 4.98 Å². The Morgan fingerprint density at radius 2 is 1.89 bits per heavy atom. The predicted octanol–water partition coefficient (Wildman–Crippen LogP) is 5.14. The van der Waals surface area contributed by atoms with Crippen molar-refractivity contribution in [1.82, 2.24) is 15.3 Å². The van der Waals surface area contributed by atoms with Crippen molar-refractivity contribution in [1.29, 1.82) is 0 Å². The molecule has 35 heavy (non-hydrogen) atoms. The number of Topliss-reactive ketones (excluding diaryl/α,β-unsaturated/α-hetero) is 1. The summed E-state index contributed by atoms with van der Waals surface area (Å²) in [6.07, 6.45) is 5.17. The molecule has 176 valence electrons. The molecule has 1 spiro atoms. The fourth-order valence-corrected chi connectivity index (χ4v) is 6.03. The highest BCUT2D eigenvalue weighted by Gasteiger charge is 2.43. The molecule has 2 heterocycles. The number of aromatic amines is 1. The number of carbonyl (C=O) groups excluding carboxylic acids is 1. The van der Waals surface area contributed by atoms with Gasteiger partial charge in [0.05, 0.1) is 16.6 Å². The molecule has 1 aromatic heterocycles. The van der Waals surface area contributed by atoms with Crippen molar-refractivity contribution in [2.24, 2.45) is 5.92 Å². The lowest BCUT2D eigenvalue weighted by Crippen LogP contribution is -2.41. The quantitative estimate of drug-likeness (QED) is 0.354. The fourth-order valence-electron chi connectivity index (χ4n) is 5.77. The highest BCUT2D eigenvalue weighted by molar-refractivity contribution is 9.10. The number of hydrogen-bond acceptors (Lipinski definition) is 3. The first-order valence-corrected chi connectivity index (χ1v) is 13.1. The van der Waals surface area contributed by atoms with Gasteiger partial charge in [-0.05, 0) is 83.1 Å². The smallest absolute Gasteiger partial charge is 0.227 e. The van der Waals surface area contributed by atoms with E-state index in [1.165, 1.54) is 11.1 Å². The van der Waals surface area contributed by atoms with Gasteiger partial charge in [0.2, 0.25) is 5.78 Å². The van der Waals surface area contributed by atoms with Crippen LogP contribution >= 0.6 is 15.9 Å². The highest BCUT2D eigenvalue weighted by atomic mass is 79.9. The van der Waals surface area contributed by atoms with E-state index in [0.717, 1.165) is 62.9 Å². The van der Waals surface area contributed by atoms with Gasteiger partial charge >= 0.3 is 0 Å². The van der Waals surface area contributed by atoms with E-state index in [2.05, 4.69) is 82.6 Å². The number of rotatable bonds is 5. The Morgan fingerprint density at radius 1 is 1.09 bits per heavy atom. The van der Waals surface area contributed by atoms with Gasteiger partial charge in [0, 0.05) is 10.0 Å². The first kappa shape index (κ1) is 22.4. The third-order valence-corrected chi connectivity index (χ3v) is 7.73. The molecule has 3 aromatic carbocycles. The van der Waals surface area contributed by atoms with Crippen LogP contribution in [0.15, 0.2) is 65.1 Å². The van der Waals surface area contributed by atoms with E-state index in [-0.39, 0.29) is 5.78 Å². The average Bonchev–Trinajstić information content (AvgIpc) is 3.56. The molecule has 0 bridgehead atoms. The van der Waals surface area contributed by atoms with E-state index in [1.54, 1.807) is 0 Å². The summed E-state index contributed by atoms with van der Waals surface area (Å²) in [5.41, 5.74) is 5.65. The number of nitrogens with one attached hydrogen (secondary N) is 2. The highest BCUT2D eigenvalue weighted by Crippen LogP contribution is 2.35. The van der Waals surface area contributed by atoms with Crippen molar-refractivity contribution in [2.75, 3.05) is 6.54 Å². The molecule has 4 nitrogen and oxygen atoms in total. The second kappa shape index (κ2) is 8.58. The third kappa shape index (κ3) is 3.78. The monoisotopic (exact) mass is 525 g/mol. The number of fused-ring (bicyclic) bond motifs is 2. The van der Waals surface area contributed by atoms with Crippen LogP contribution in [-0.4, -0.2) is 27.8 Å². The van der Waals surface area contributed by atoms with E-state index in [4.69, 9.17) is 4.98 Å². The van der Waals surface area contributed by atoms with Gasteiger partial charge in [-0.15, -0.1) is 0 Å². The molecule has 1 fully saturated rings. The van der Waals surface area contributed by atoms with Crippen LogP contribution in [-0.2, 0) is 6.42 Å². The van der Waals surface area contributed by atoms with Gasteiger partial charge in [0.15, 0.2) is 5.82 Å². The largest absolute Gasteiger partial charge is 0.335 e. The maximum atomic E-state index is 14.3. The molecule has 2 aliphatic rings. The summed E-state index contributed by atoms with van der Waals surface area (Å²) in [5.74, 6) is 0.887. The average molecular weight is 526 g/mol. The number of aromatic nitrogens is 2. The number of benzene rings is 3. The zero-order valence-electron chi connectivity index (χ0n) is 20.0. The SMILES string of the molecule is CC(C)Cc1ccc2c(c1-c1ccc(Br)cc1)=C(C(=O)c1nc3ccccc3[nH]1)C1(C=2)CCCN1. The standard InChI is InChI=1S/C30H28BrN3O/c1-18(2)16-20-8-9-21-17-30(14-5-15-32-30)27(26(21)25(20)19-10-12-22(31)13-11-19)28(35)29-33-23-6-3-4-7-24(23)34-29/h3-4,6-13,17-18,32H,5,14-16H2,1-2H3,(H,33,34). The Bertz CT molecular complexity index is 1540. The number of para-hydroxylation sites is 2. The molecule has 1 aliphatic carbocycles. The van der Waals surface area contributed by atoms with Crippen LogP contribution in [0.3, 0.4) is 0 Å². The Morgan fingerprint density at radius 3 is 2.60 bits per heavy atom. The summed E-state index contributed by atoms with van der Waals surface area (Å²) >= 11 is 3.58. The first-order valence-electron chi connectivity index (χ1n) is 12.4. The first-order chi connectivity index (χ1) is 16.9. The lowest BCUT2D eigenvalue weighted by molar-refractivity contribution is 0.103. The second-order valence-corrected chi connectivity index (χ2v) is 11.0. The van der Waals surface area contributed by atoms with Gasteiger partial charge in [0.25, 0.3) is 0 Å². The van der Waals surface area contributed by atoms with Crippen molar-refractivity contribution in [3.8, 4) is 11.1 Å². The number of ketones is 1. The Hall–Kier alpha value is -3.02. The molecule has 1 aliphatic heterocycles. The van der Waals surface area contributed by atoms with Gasteiger partial charge in [-0.3, -0.25) is 4.79 Å². The Balaban J connectivity index is 1.68. The van der Waals surface area contributed by atoms with Gasteiger partial charge in [0.1, 0.15) is 0 Å².